The van der Waals surface area contributed by atoms with Gasteiger partial charge in [-0.15, -0.1) is 0 Å². The van der Waals surface area contributed by atoms with Gasteiger partial charge in [-0.1, -0.05) is 48.6 Å². The van der Waals surface area contributed by atoms with Gasteiger partial charge >= 0.3 is 6.18 Å². The van der Waals surface area contributed by atoms with Crippen LogP contribution in [0, 0.1) is 13.1 Å². The summed E-state index contributed by atoms with van der Waals surface area (Å²) in [7, 11) is 3.91. The molecule has 2 rings (SSSR count). The minimum Gasteiger partial charge on any atom is -0.497 e. The molecule has 1 atom stereocenters. The molecule has 0 aromatic heterocycles. The van der Waals surface area contributed by atoms with Crippen LogP contribution < -0.4 is 4.90 Å². The van der Waals surface area contributed by atoms with E-state index in [1.165, 1.54) is 19.1 Å². The van der Waals surface area contributed by atoms with E-state index in [4.69, 9.17) is 17.9 Å². The van der Waals surface area contributed by atoms with Crippen molar-refractivity contribution in [3.05, 3.63) is 106 Å². The normalized spacial score (nSPS) is 20.9. The lowest BCUT2D eigenvalue weighted by Crippen LogP contribution is -2.43. The van der Waals surface area contributed by atoms with E-state index in [9.17, 15) is 13.2 Å². The van der Waals surface area contributed by atoms with Crippen LogP contribution in [0.2, 0.25) is 0 Å². The van der Waals surface area contributed by atoms with E-state index in [0.717, 1.165) is 18.2 Å². The molecule has 31 heavy (non-hydrogen) atoms. The van der Waals surface area contributed by atoms with Gasteiger partial charge in [0.15, 0.2) is 5.70 Å². The second kappa shape index (κ2) is 9.40. The number of nitrogens with zero attached hydrogens (tertiary/aromatic N) is 3. The van der Waals surface area contributed by atoms with Gasteiger partial charge in [0.2, 0.25) is 11.3 Å². The fraction of sp³-hybridized carbons (Fsp3) is 0.250. The SMILES string of the molecule is [C-]#[N+]C(C)=C1OC(C)(C(F)(F)F)C(C=CC=CC=Cc2ccc(N(C)C)cc2)=C1[N+]#[C-]. The largest absolute Gasteiger partial charge is 0.497 e. The topological polar surface area (TPSA) is 21.2 Å². The van der Waals surface area contributed by atoms with Crippen molar-refractivity contribution in [2.45, 2.75) is 25.6 Å². The zero-order valence-electron chi connectivity index (χ0n) is 17.7. The molecule has 4 nitrogen and oxygen atoms in total. The second-order valence-electron chi connectivity index (χ2n) is 7.12. The maximum atomic E-state index is 13.7. The standard InChI is InChI=1S/C24H22F3N3O/c1-17(28-3)22-21(29-4)20(23(2,31-22)24(25,26)27)12-10-8-7-9-11-18-13-15-19(16-14-18)30(5)6/h7-16H,1-2,5-6H3. The summed E-state index contributed by atoms with van der Waals surface area (Å²) in [6.45, 7) is 16.5. The van der Waals surface area contributed by atoms with Crippen molar-refractivity contribution < 1.29 is 17.9 Å². The first-order valence-electron chi connectivity index (χ1n) is 9.30. The molecule has 0 fully saturated rings. The molecule has 160 valence electrons. The third-order valence-electron chi connectivity index (χ3n) is 4.73. The Balaban J connectivity index is 2.26. The summed E-state index contributed by atoms with van der Waals surface area (Å²) in [5.74, 6) is -0.325. The van der Waals surface area contributed by atoms with Crippen LogP contribution in [0.4, 0.5) is 18.9 Å². The summed E-state index contributed by atoms with van der Waals surface area (Å²) in [6.07, 6.45) is 4.75. The van der Waals surface area contributed by atoms with Crippen molar-refractivity contribution in [2.75, 3.05) is 19.0 Å². The molecule has 0 amide bonds. The Morgan fingerprint density at radius 1 is 1.03 bits per heavy atom. The minimum absolute atomic E-state index is 0.0939. The van der Waals surface area contributed by atoms with Gasteiger partial charge in [-0.25, -0.2) is 9.69 Å². The highest BCUT2D eigenvalue weighted by atomic mass is 19.4. The molecular formula is C24H22F3N3O. The molecule has 1 aliphatic heterocycles. The molecule has 0 N–H and O–H groups in total. The van der Waals surface area contributed by atoms with Gasteiger partial charge in [0, 0.05) is 25.4 Å². The lowest BCUT2D eigenvalue weighted by Gasteiger charge is -2.30. The summed E-state index contributed by atoms with van der Waals surface area (Å²) in [4.78, 5) is 8.33. The van der Waals surface area contributed by atoms with Crippen molar-refractivity contribution in [3.63, 3.8) is 0 Å². The number of rotatable bonds is 5. The zero-order valence-corrected chi connectivity index (χ0v) is 17.7. The average Bonchev–Trinajstić information content (AvgIpc) is 3.03. The van der Waals surface area contributed by atoms with E-state index in [-0.39, 0.29) is 22.7 Å². The molecule has 1 aromatic rings. The third-order valence-corrected chi connectivity index (χ3v) is 4.73. The van der Waals surface area contributed by atoms with E-state index in [1.807, 2.05) is 49.3 Å². The Kier molecular flexibility index (Phi) is 7.15. The Hall–Kier alpha value is -3.71. The van der Waals surface area contributed by atoms with Crippen LogP contribution in [-0.2, 0) is 4.74 Å². The fourth-order valence-corrected chi connectivity index (χ4v) is 2.84. The van der Waals surface area contributed by atoms with E-state index >= 15 is 0 Å². The number of allylic oxidation sites excluding steroid dienone is 5. The number of anilines is 1. The number of ether oxygens (including phenoxy) is 1. The monoisotopic (exact) mass is 425 g/mol. The molecule has 0 saturated carbocycles. The number of alkyl halides is 3. The number of halogens is 3. The maximum absolute atomic E-state index is 13.7. The molecule has 1 heterocycles. The fourth-order valence-electron chi connectivity index (χ4n) is 2.84. The van der Waals surface area contributed by atoms with E-state index in [2.05, 4.69) is 9.69 Å². The van der Waals surface area contributed by atoms with Crippen molar-refractivity contribution in [1.29, 1.82) is 0 Å². The molecule has 0 saturated heterocycles. The average molecular weight is 425 g/mol. The molecule has 1 unspecified atom stereocenters. The van der Waals surface area contributed by atoms with Gasteiger partial charge in [-0.05, 0) is 31.5 Å². The predicted molar refractivity (Wildman–Crippen MR) is 117 cm³/mol. The highest BCUT2D eigenvalue weighted by molar-refractivity contribution is 5.57. The summed E-state index contributed by atoms with van der Waals surface area (Å²) in [6, 6.07) is 7.88. The van der Waals surface area contributed by atoms with Crippen LogP contribution in [0.5, 0.6) is 0 Å². The summed E-state index contributed by atoms with van der Waals surface area (Å²) >= 11 is 0. The van der Waals surface area contributed by atoms with Gasteiger partial charge in [0.25, 0.3) is 0 Å². The van der Waals surface area contributed by atoms with Crippen LogP contribution >= 0.6 is 0 Å². The molecule has 0 radical (unpaired) electrons. The van der Waals surface area contributed by atoms with Crippen molar-refractivity contribution >= 4 is 11.8 Å². The predicted octanol–water partition coefficient (Wildman–Crippen LogP) is 6.55. The molecule has 1 aliphatic rings. The Bertz CT molecular complexity index is 1060. The molecule has 0 bridgehead atoms. The Labute approximate surface area is 180 Å². The van der Waals surface area contributed by atoms with Gasteiger partial charge in [0.05, 0.1) is 13.1 Å². The van der Waals surface area contributed by atoms with E-state index < -0.39 is 11.8 Å². The van der Waals surface area contributed by atoms with E-state index in [1.54, 1.807) is 18.2 Å². The van der Waals surface area contributed by atoms with Gasteiger partial charge in [-0.3, -0.25) is 0 Å². The highest BCUT2D eigenvalue weighted by Gasteiger charge is 2.60. The maximum Gasteiger partial charge on any atom is 0.430 e. The van der Waals surface area contributed by atoms with Crippen LogP contribution in [0.15, 0.2) is 77.4 Å². The summed E-state index contributed by atoms with van der Waals surface area (Å²) in [5, 5.41) is 0. The lowest BCUT2D eigenvalue weighted by molar-refractivity contribution is -0.236. The van der Waals surface area contributed by atoms with Crippen LogP contribution in [-0.4, -0.2) is 25.9 Å². The first kappa shape index (κ1) is 23.6. The summed E-state index contributed by atoms with van der Waals surface area (Å²) < 4.78 is 46.2. The molecule has 0 spiro atoms. The smallest absolute Gasteiger partial charge is 0.430 e. The van der Waals surface area contributed by atoms with Crippen LogP contribution in [0.25, 0.3) is 15.8 Å². The Morgan fingerprint density at radius 2 is 1.61 bits per heavy atom. The van der Waals surface area contributed by atoms with Crippen molar-refractivity contribution in [3.8, 4) is 0 Å². The van der Waals surface area contributed by atoms with Crippen LogP contribution in [0.1, 0.15) is 19.4 Å². The highest BCUT2D eigenvalue weighted by Crippen LogP contribution is 2.49. The first-order valence-corrected chi connectivity index (χ1v) is 9.30. The van der Waals surface area contributed by atoms with E-state index in [0.29, 0.717) is 0 Å². The molecule has 0 aliphatic carbocycles. The van der Waals surface area contributed by atoms with Crippen LogP contribution in [0.3, 0.4) is 0 Å². The number of hydrogen-bond acceptors (Lipinski definition) is 2. The zero-order chi connectivity index (χ0) is 23.2. The van der Waals surface area contributed by atoms with Gasteiger partial charge in [0.1, 0.15) is 5.76 Å². The van der Waals surface area contributed by atoms with Crippen molar-refractivity contribution in [2.24, 2.45) is 0 Å². The minimum atomic E-state index is -4.75. The Morgan fingerprint density at radius 3 is 2.10 bits per heavy atom. The first-order chi connectivity index (χ1) is 14.5. The number of benzene rings is 1. The molecule has 1 aromatic carbocycles. The number of hydrogen-bond donors (Lipinski definition) is 0. The molecule has 7 heteroatoms. The third kappa shape index (κ3) is 5.07. The second-order valence-corrected chi connectivity index (χ2v) is 7.12. The lowest BCUT2D eigenvalue weighted by atomic mass is 9.94. The van der Waals surface area contributed by atoms with Crippen molar-refractivity contribution in [1.82, 2.24) is 0 Å². The summed E-state index contributed by atoms with van der Waals surface area (Å²) in [5.41, 5.74) is -1.34. The van der Waals surface area contributed by atoms with Gasteiger partial charge < -0.3 is 9.64 Å². The van der Waals surface area contributed by atoms with Gasteiger partial charge in [-0.2, -0.15) is 13.2 Å². The molecular weight excluding hydrogens is 403 g/mol. The quantitative estimate of drug-likeness (QED) is 0.394.